The molecule has 3 saturated carbocycles. The first-order chi connectivity index (χ1) is 19.0. The summed E-state index contributed by atoms with van der Waals surface area (Å²) in [7, 11) is 0. The molecule has 7 nitrogen and oxygen atoms in total. The molecule has 5 aliphatic rings. The largest absolute Gasteiger partial charge is 0.394 e. The maximum absolute atomic E-state index is 10.7. The van der Waals surface area contributed by atoms with Crippen LogP contribution in [0.15, 0.2) is 11.6 Å². The first kappa shape index (κ1) is 30.9. The van der Waals surface area contributed by atoms with Gasteiger partial charge in [-0.25, -0.2) is 0 Å². The van der Waals surface area contributed by atoms with Gasteiger partial charge < -0.3 is 35.0 Å². The lowest BCUT2D eigenvalue weighted by molar-refractivity contribution is -0.308. The summed E-state index contributed by atoms with van der Waals surface area (Å²) >= 11 is 0. The molecule has 230 valence electrons. The van der Waals surface area contributed by atoms with E-state index >= 15 is 0 Å². The standard InChI is InChI=1S/C33H56O7/c1-19(2)6-5-7-20(3)24-10-11-25-23-9-8-21-16-22(35)12-15-33(21,26(23)13-14-32(24,25)4)18-39-31-30(38)29(37)28(36)27(17-34)40-31/h16,19-20,22-31,34-38H,5-15,17-18H2,1-4H3. The number of aliphatic hydroxyl groups is 5. The molecule has 0 aromatic heterocycles. The molecule has 5 rings (SSSR count). The minimum atomic E-state index is -1.44. The van der Waals surface area contributed by atoms with Crippen molar-refractivity contribution in [2.75, 3.05) is 13.2 Å². The van der Waals surface area contributed by atoms with Crippen molar-refractivity contribution in [1.29, 1.82) is 0 Å². The molecular formula is C33H56O7. The molecule has 4 aliphatic carbocycles. The maximum Gasteiger partial charge on any atom is 0.186 e. The van der Waals surface area contributed by atoms with Gasteiger partial charge in [-0.2, -0.15) is 0 Å². The Kier molecular flexibility index (Phi) is 9.44. The number of hydrogen-bond donors (Lipinski definition) is 5. The summed E-state index contributed by atoms with van der Waals surface area (Å²) in [6.45, 7) is 9.64. The Balaban J connectivity index is 1.34. The van der Waals surface area contributed by atoms with Gasteiger partial charge in [0.1, 0.15) is 24.4 Å². The summed E-state index contributed by atoms with van der Waals surface area (Å²) in [4.78, 5) is 0. The predicted octanol–water partition coefficient (Wildman–Crippen LogP) is 4.19. The molecule has 1 aliphatic heterocycles. The maximum atomic E-state index is 10.7. The number of hydrogen-bond acceptors (Lipinski definition) is 7. The van der Waals surface area contributed by atoms with Crippen LogP contribution in [0.25, 0.3) is 0 Å². The molecule has 1 heterocycles. The number of rotatable bonds is 9. The van der Waals surface area contributed by atoms with Crippen molar-refractivity contribution in [3.05, 3.63) is 11.6 Å². The first-order valence-electron chi connectivity index (χ1n) is 16.3. The Hall–Kier alpha value is -0.540. The van der Waals surface area contributed by atoms with Gasteiger partial charge in [0, 0.05) is 5.41 Å². The summed E-state index contributed by atoms with van der Waals surface area (Å²) in [5.74, 6) is 4.11. The predicted molar refractivity (Wildman–Crippen MR) is 153 cm³/mol. The van der Waals surface area contributed by atoms with Gasteiger partial charge in [0.05, 0.1) is 19.3 Å². The third-order valence-electron chi connectivity index (χ3n) is 12.4. The van der Waals surface area contributed by atoms with Crippen LogP contribution in [0.4, 0.5) is 0 Å². The minimum absolute atomic E-state index is 0.219. The highest BCUT2D eigenvalue weighted by Crippen LogP contribution is 2.68. The Morgan fingerprint density at radius 2 is 1.70 bits per heavy atom. The molecule has 0 aromatic rings. The number of fused-ring (bicyclic) bond motifs is 5. The summed E-state index contributed by atoms with van der Waals surface area (Å²) in [5, 5.41) is 51.4. The number of ether oxygens (including phenoxy) is 2. The van der Waals surface area contributed by atoms with Crippen LogP contribution in [0.1, 0.15) is 98.3 Å². The van der Waals surface area contributed by atoms with Crippen LogP contribution in [0.2, 0.25) is 0 Å². The van der Waals surface area contributed by atoms with Crippen LogP contribution in [-0.4, -0.2) is 75.6 Å². The van der Waals surface area contributed by atoms with E-state index < -0.39 is 43.4 Å². The molecule has 0 aromatic carbocycles. The van der Waals surface area contributed by atoms with Gasteiger partial charge in [-0.05, 0) is 92.3 Å². The Morgan fingerprint density at radius 1 is 0.925 bits per heavy atom. The van der Waals surface area contributed by atoms with Crippen molar-refractivity contribution in [1.82, 2.24) is 0 Å². The van der Waals surface area contributed by atoms with Crippen molar-refractivity contribution < 1.29 is 35.0 Å². The zero-order valence-electron chi connectivity index (χ0n) is 25.3. The van der Waals surface area contributed by atoms with E-state index in [0.717, 1.165) is 37.0 Å². The van der Waals surface area contributed by atoms with Gasteiger partial charge >= 0.3 is 0 Å². The quantitative estimate of drug-likeness (QED) is 0.267. The van der Waals surface area contributed by atoms with E-state index in [1.165, 1.54) is 50.5 Å². The zero-order chi connectivity index (χ0) is 28.8. The molecule has 0 radical (unpaired) electrons. The topological polar surface area (TPSA) is 120 Å². The monoisotopic (exact) mass is 564 g/mol. The van der Waals surface area contributed by atoms with Gasteiger partial charge in [0.15, 0.2) is 6.29 Å². The zero-order valence-corrected chi connectivity index (χ0v) is 25.3. The van der Waals surface area contributed by atoms with Crippen molar-refractivity contribution in [2.24, 2.45) is 46.3 Å². The molecule has 13 unspecified atom stereocenters. The smallest absolute Gasteiger partial charge is 0.186 e. The van der Waals surface area contributed by atoms with E-state index in [9.17, 15) is 25.5 Å². The van der Waals surface area contributed by atoms with E-state index in [1.807, 2.05) is 0 Å². The third-order valence-corrected chi connectivity index (χ3v) is 12.4. The van der Waals surface area contributed by atoms with Crippen LogP contribution in [0.3, 0.4) is 0 Å². The van der Waals surface area contributed by atoms with E-state index in [0.29, 0.717) is 36.2 Å². The summed E-state index contributed by atoms with van der Waals surface area (Å²) in [6.07, 6.45) is 8.01. The van der Waals surface area contributed by atoms with Gasteiger partial charge in [0.25, 0.3) is 0 Å². The normalized spacial score (nSPS) is 47.8. The lowest BCUT2D eigenvalue weighted by atomic mass is 9.46. The third kappa shape index (κ3) is 5.46. The highest BCUT2D eigenvalue weighted by atomic mass is 16.7. The molecule has 1 saturated heterocycles. The lowest BCUT2D eigenvalue weighted by Gasteiger charge is -2.60. The van der Waals surface area contributed by atoms with Crippen LogP contribution < -0.4 is 0 Å². The van der Waals surface area contributed by atoms with Crippen molar-refractivity contribution in [3.8, 4) is 0 Å². The molecule has 0 spiro atoms. The Morgan fingerprint density at radius 3 is 2.42 bits per heavy atom. The lowest BCUT2D eigenvalue weighted by Crippen LogP contribution is -2.60. The Labute approximate surface area is 241 Å². The van der Waals surface area contributed by atoms with E-state index in [4.69, 9.17) is 9.47 Å². The van der Waals surface area contributed by atoms with Gasteiger partial charge in [0.2, 0.25) is 0 Å². The van der Waals surface area contributed by atoms with Crippen molar-refractivity contribution in [3.63, 3.8) is 0 Å². The first-order valence-corrected chi connectivity index (χ1v) is 16.3. The van der Waals surface area contributed by atoms with E-state index in [2.05, 4.69) is 33.8 Å². The van der Waals surface area contributed by atoms with E-state index in [-0.39, 0.29) is 5.41 Å². The molecule has 5 N–H and O–H groups in total. The molecule has 40 heavy (non-hydrogen) atoms. The second-order valence-electron chi connectivity index (χ2n) is 14.9. The SMILES string of the molecule is CC(C)CCCC(C)C1CCC2C3CCC4=CC(O)CCC4(COC4OC(CO)C(O)C(O)C4O)C3CCC12C. The van der Waals surface area contributed by atoms with Crippen molar-refractivity contribution in [2.45, 2.75) is 135 Å². The van der Waals surface area contributed by atoms with Crippen LogP contribution in [0.5, 0.6) is 0 Å². The van der Waals surface area contributed by atoms with Gasteiger partial charge in [-0.15, -0.1) is 0 Å². The summed E-state index contributed by atoms with van der Waals surface area (Å²) < 4.78 is 12.0. The molecule has 0 bridgehead atoms. The summed E-state index contributed by atoms with van der Waals surface area (Å²) in [6, 6.07) is 0. The average molecular weight is 565 g/mol. The highest BCUT2D eigenvalue weighted by molar-refractivity contribution is 5.27. The fourth-order valence-electron chi connectivity index (χ4n) is 10.2. The van der Waals surface area contributed by atoms with Crippen LogP contribution in [-0.2, 0) is 9.47 Å². The molecule has 0 amide bonds. The highest BCUT2D eigenvalue weighted by Gasteiger charge is 2.61. The van der Waals surface area contributed by atoms with Crippen molar-refractivity contribution >= 4 is 0 Å². The molecule has 7 heteroatoms. The summed E-state index contributed by atoms with van der Waals surface area (Å²) in [5.41, 5.74) is 1.45. The molecule has 13 atom stereocenters. The van der Waals surface area contributed by atoms with Gasteiger partial charge in [-0.1, -0.05) is 58.6 Å². The fourth-order valence-corrected chi connectivity index (χ4v) is 10.2. The Bertz CT molecular complexity index is 890. The van der Waals surface area contributed by atoms with Gasteiger partial charge in [-0.3, -0.25) is 0 Å². The second-order valence-corrected chi connectivity index (χ2v) is 14.9. The minimum Gasteiger partial charge on any atom is -0.394 e. The van der Waals surface area contributed by atoms with E-state index in [1.54, 1.807) is 0 Å². The molecule has 4 fully saturated rings. The second kappa shape index (κ2) is 12.2. The van der Waals surface area contributed by atoms with Crippen LogP contribution >= 0.6 is 0 Å². The molecular weight excluding hydrogens is 508 g/mol. The fraction of sp³-hybridized carbons (Fsp3) is 0.939. The van der Waals surface area contributed by atoms with Crippen LogP contribution in [0, 0.1) is 46.3 Å². The number of aliphatic hydroxyl groups excluding tert-OH is 5. The average Bonchev–Trinajstić information content (AvgIpc) is 3.28.